The molecule has 2 fully saturated rings. The van der Waals surface area contributed by atoms with Gasteiger partial charge in [-0.3, -0.25) is 4.79 Å². The SMILES string of the molecule is COc1ccc(C([C]2[CH][CH][CH][CH]2)c2ccc(OC)cc2)cc1.COc1ccc(P([C]2[CH][CH][CH][C]2[C@@H](C)OC(C)=O)c2ccc(OC)cc2)cc1.[Fe]. The molecule has 0 bridgehead atoms. The topological polar surface area (TPSA) is 63.2 Å². The summed E-state index contributed by atoms with van der Waals surface area (Å²) in [5.74, 6) is 5.65. The molecule has 4 aromatic carbocycles. The van der Waals surface area contributed by atoms with Crippen LogP contribution in [0, 0.1) is 62.4 Å². The molecule has 0 saturated heterocycles. The average molecular weight is 743 g/mol. The van der Waals surface area contributed by atoms with Crippen LogP contribution < -0.4 is 29.6 Å². The molecule has 6 rings (SSSR count). The molecular weight excluding hydrogens is 699 g/mol. The summed E-state index contributed by atoms with van der Waals surface area (Å²) >= 11 is 0. The Hall–Kier alpha value is -3.50. The molecule has 8 heteroatoms. The molecule has 4 aromatic rings. The van der Waals surface area contributed by atoms with Gasteiger partial charge < -0.3 is 23.7 Å². The van der Waals surface area contributed by atoms with Gasteiger partial charge in [0.2, 0.25) is 0 Å². The summed E-state index contributed by atoms with van der Waals surface area (Å²) < 4.78 is 26.6. The van der Waals surface area contributed by atoms with Gasteiger partial charge in [-0.15, -0.1) is 0 Å². The molecule has 0 aromatic heterocycles. The normalized spacial score (nSPS) is 15.5. The van der Waals surface area contributed by atoms with Crippen molar-refractivity contribution in [3.05, 3.63) is 171 Å². The van der Waals surface area contributed by atoms with Crippen LogP contribution >= 0.6 is 7.92 Å². The number of hydrogen-bond donors (Lipinski definition) is 0. The van der Waals surface area contributed by atoms with Crippen molar-refractivity contribution in [3.63, 3.8) is 0 Å². The molecular formula is C43H43FeO6P. The van der Waals surface area contributed by atoms with Crippen LogP contribution in [-0.4, -0.2) is 40.5 Å². The Morgan fingerprint density at radius 1 is 0.549 bits per heavy atom. The van der Waals surface area contributed by atoms with E-state index in [1.807, 2.05) is 68.3 Å². The van der Waals surface area contributed by atoms with Gasteiger partial charge >= 0.3 is 5.97 Å². The van der Waals surface area contributed by atoms with Crippen LogP contribution in [-0.2, 0) is 26.6 Å². The Morgan fingerprint density at radius 3 is 1.31 bits per heavy atom. The van der Waals surface area contributed by atoms with E-state index in [-0.39, 0.29) is 35.1 Å². The monoisotopic (exact) mass is 742 g/mol. The molecule has 0 aliphatic heterocycles. The second kappa shape index (κ2) is 19.9. The quantitative estimate of drug-likeness (QED) is 0.0832. The number of hydrogen-bond acceptors (Lipinski definition) is 6. The molecule has 264 valence electrons. The number of benzene rings is 4. The van der Waals surface area contributed by atoms with Crippen molar-refractivity contribution >= 4 is 24.5 Å². The van der Waals surface area contributed by atoms with E-state index in [1.54, 1.807) is 28.4 Å². The Bertz CT molecular complexity index is 1510. The molecule has 10 radical (unpaired) electrons. The molecule has 2 aliphatic rings. The van der Waals surface area contributed by atoms with Gasteiger partial charge in [-0.05, 0) is 136 Å². The molecule has 0 N–H and O–H groups in total. The largest absolute Gasteiger partial charge is 0.497 e. The molecule has 0 unspecified atom stereocenters. The minimum absolute atomic E-state index is 0. The van der Waals surface area contributed by atoms with Gasteiger partial charge in [-0.25, -0.2) is 0 Å². The van der Waals surface area contributed by atoms with Gasteiger partial charge in [0.1, 0.15) is 29.1 Å². The smallest absolute Gasteiger partial charge is 0.302 e. The van der Waals surface area contributed by atoms with Crippen molar-refractivity contribution in [2.24, 2.45) is 0 Å². The van der Waals surface area contributed by atoms with Crippen LogP contribution in [0.5, 0.6) is 23.0 Å². The van der Waals surface area contributed by atoms with Gasteiger partial charge in [0.05, 0.1) is 28.4 Å². The zero-order chi connectivity index (χ0) is 35.5. The van der Waals surface area contributed by atoms with E-state index in [1.165, 1.54) is 40.2 Å². The van der Waals surface area contributed by atoms with Crippen molar-refractivity contribution in [3.8, 4) is 23.0 Å². The first-order valence-corrected chi connectivity index (χ1v) is 17.7. The van der Waals surface area contributed by atoms with Crippen LogP contribution in [0.2, 0.25) is 0 Å². The third kappa shape index (κ3) is 10.5. The van der Waals surface area contributed by atoms with Gasteiger partial charge in [0.25, 0.3) is 0 Å². The summed E-state index contributed by atoms with van der Waals surface area (Å²) in [6, 6.07) is 32.8. The summed E-state index contributed by atoms with van der Waals surface area (Å²) in [6.07, 6.45) is 14.4. The fraction of sp³-hybridized carbons (Fsp3) is 0.186. The maximum absolute atomic E-state index is 11.5. The second-order valence-electron chi connectivity index (χ2n) is 11.5. The van der Waals surface area contributed by atoms with Crippen molar-refractivity contribution in [2.75, 3.05) is 28.4 Å². The van der Waals surface area contributed by atoms with E-state index in [4.69, 9.17) is 23.7 Å². The number of rotatable bonds is 12. The van der Waals surface area contributed by atoms with Crippen LogP contribution in [0.4, 0.5) is 0 Å². The number of esters is 1. The summed E-state index contributed by atoms with van der Waals surface area (Å²) in [7, 11) is 5.88. The Labute approximate surface area is 316 Å². The van der Waals surface area contributed by atoms with Gasteiger partial charge in [0, 0.05) is 41.5 Å². The first kappa shape index (κ1) is 40.3. The van der Waals surface area contributed by atoms with Crippen LogP contribution in [0.3, 0.4) is 0 Å². The summed E-state index contributed by atoms with van der Waals surface area (Å²) in [6.45, 7) is 3.35. The maximum Gasteiger partial charge on any atom is 0.302 e. The van der Waals surface area contributed by atoms with Crippen molar-refractivity contribution < 1.29 is 45.5 Å². The predicted molar refractivity (Wildman–Crippen MR) is 201 cm³/mol. The third-order valence-electron chi connectivity index (χ3n) is 8.43. The summed E-state index contributed by atoms with van der Waals surface area (Å²) in [5, 5.41) is 2.40. The summed E-state index contributed by atoms with van der Waals surface area (Å²) in [5.41, 5.74) is 3.67. The minimum Gasteiger partial charge on any atom is -0.497 e. The Kier molecular flexibility index (Phi) is 15.7. The van der Waals surface area contributed by atoms with Crippen LogP contribution in [0.1, 0.15) is 30.9 Å². The molecule has 2 saturated carbocycles. The zero-order valence-corrected chi connectivity index (χ0v) is 31.7. The first-order valence-electron chi connectivity index (χ1n) is 16.4. The van der Waals surface area contributed by atoms with E-state index in [9.17, 15) is 4.79 Å². The van der Waals surface area contributed by atoms with E-state index in [0.29, 0.717) is 0 Å². The number of ether oxygens (including phenoxy) is 5. The average Bonchev–Trinajstić information content (AvgIpc) is 3.87. The molecule has 0 amide bonds. The van der Waals surface area contributed by atoms with Gasteiger partial charge in [-0.2, -0.15) is 0 Å². The fourth-order valence-electron chi connectivity index (χ4n) is 5.93. The van der Waals surface area contributed by atoms with Crippen molar-refractivity contribution in [2.45, 2.75) is 25.9 Å². The van der Waals surface area contributed by atoms with E-state index < -0.39 is 7.92 Å². The molecule has 1 atom stereocenters. The predicted octanol–water partition coefficient (Wildman–Crippen LogP) is 8.06. The van der Waals surface area contributed by atoms with Crippen LogP contribution in [0.15, 0.2) is 97.1 Å². The molecule has 6 nitrogen and oxygen atoms in total. The summed E-state index contributed by atoms with van der Waals surface area (Å²) in [4.78, 5) is 11.5. The maximum atomic E-state index is 11.5. The molecule has 2 aliphatic carbocycles. The number of methoxy groups -OCH3 is 4. The van der Waals surface area contributed by atoms with E-state index in [0.717, 1.165) is 28.9 Å². The third-order valence-corrected chi connectivity index (χ3v) is 10.9. The second-order valence-corrected chi connectivity index (χ2v) is 13.7. The number of carbonyl (C=O) groups excluding carboxylic acids is 1. The minimum atomic E-state index is -0.824. The zero-order valence-electron chi connectivity index (χ0n) is 29.7. The van der Waals surface area contributed by atoms with Crippen molar-refractivity contribution in [1.29, 1.82) is 0 Å². The van der Waals surface area contributed by atoms with Gasteiger partial charge in [0.15, 0.2) is 0 Å². The van der Waals surface area contributed by atoms with Gasteiger partial charge in [-0.1, -0.05) is 48.5 Å². The number of carbonyl (C=O) groups is 1. The van der Waals surface area contributed by atoms with Crippen molar-refractivity contribution in [1.82, 2.24) is 0 Å². The molecule has 0 heterocycles. The Balaban J connectivity index is 0.000000230. The standard InChI is InChI=1S/C23H24O4P.C20H19O2.Fe/c1-16(27-17(2)24)22-6-5-7-23(22)28(20-12-8-18(25-3)9-13-20)21-14-10-19(26-4)11-15-21;1-21-18-11-7-16(8-12-18)20(15-5-3-4-6-15)17-9-13-19(22-2)14-10-17;/h5-16H,1-4H3;3-14,20H,1-2H3;/t16-;;/m1../s1. The van der Waals surface area contributed by atoms with E-state index >= 15 is 0 Å². The molecule has 0 spiro atoms. The van der Waals surface area contributed by atoms with E-state index in [2.05, 4.69) is 80.6 Å². The van der Waals surface area contributed by atoms with Crippen LogP contribution in [0.25, 0.3) is 0 Å². The Morgan fingerprint density at radius 2 is 0.941 bits per heavy atom. The first-order chi connectivity index (χ1) is 24.3. The fourth-order valence-corrected chi connectivity index (χ4v) is 8.42. The molecule has 51 heavy (non-hydrogen) atoms.